The van der Waals surface area contributed by atoms with E-state index in [4.69, 9.17) is 0 Å². The standard InChI is InChI=1S/C15H18N4O/c1-12(20)17-15-10-9-14(18-19-15)16-11-5-8-13-6-3-2-4-7-13/h2-4,6-7,9-10H,5,8,11H2,1H3,(H,16,18)(H,17,19,20). The average Bonchev–Trinajstić information content (AvgIpc) is 2.46. The lowest BCUT2D eigenvalue weighted by Crippen LogP contribution is -2.10. The molecule has 0 aliphatic heterocycles. The molecule has 5 nitrogen and oxygen atoms in total. The molecule has 1 amide bonds. The van der Waals surface area contributed by atoms with Gasteiger partial charge in [0.05, 0.1) is 0 Å². The zero-order valence-electron chi connectivity index (χ0n) is 11.5. The van der Waals surface area contributed by atoms with Crippen molar-refractivity contribution < 1.29 is 4.79 Å². The molecular formula is C15H18N4O. The van der Waals surface area contributed by atoms with Crippen LogP contribution >= 0.6 is 0 Å². The number of nitrogens with zero attached hydrogens (tertiary/aromatic N) is 2. The molecule has 104 valence electrons. The molecule has 0 fully saturated rings. The number of hydrogen-bond donors (Lipinski definition) is 2. The third-order valence-corrected chi connectivity index (χ3v) is 2.76. The van der Waals surface area contributed by atoms with E-state index in [1.807, 2.05) is 6.07 Å². The maximum absolute atomic E-state index is 10.8. The van der Waals surface area contributed by atoms with E-state index >= 15 is 0 Å². The molecule has 1 aromatic carbocycles. The minimum atomic E-state index is -0.150. The number of hydrogen-bond acceptors (Lipinski definition) is 4. The Labute approximate surface area is 118 Å². The van der Waals surface area contributed by atoms with Gasteiger partial charge in [0.25, 0.3) is 0 Å². The third-order valence-electron chi connectivity index (χ3n) is 2.76. The normalized spacial score (nSPS) is 10.1. The summed E-state index contributed by atoms with van der Waals surface area (Å²) in [5.41, 5.74) is 1.33. The van der Waals surface area contributed by atoms with E-state index in [1.165, 1.54) is 12.5 Å². The highest BCUT2D eigenvalue weighted by atomic mass is 16.1. The van der Waals surface area contributed by atoms with E-state index in [2.05, 4.69) is 45.1 Å². The molecule has 1 aromatic heterocycles. The van der Waals surface area contributed by atoms with Crippen LogP contribution in [0.3, 0.4) is 0 Å². The van der Waals surface area contributed by atoms with Crippen LogP contribution in [0.1, 0.15) is 18.9 Å². The van der Waals surface area contributed by atoms with E-state index in [0.29, 0.717) is 11.6 Å². The molecule has 0 atom stereocenters. The van der Waals surface area contributed by atoms with Crippen LogP contribution in [-0.4, -0.2) is 22.6 Å². The number of carbonyl (C=O) groups is 1. The lowest BCUT2D eigenvalue weighted by molar-refractivity contribution is -0.114. The number of rotatable bonds is 6. The van der Waals surface area contributed by atoms with Gasteiger partial charge in [0, 0.05) is 13.5 Å². The Bertz CT molecular complexity index is 540. The van der Waals surface area contributed by atoms with E-state index in [1.54, 1.807) is 12.1 Å². The van der Waals surface area contributed by atoms with Crippen LogP contribution in [0.2, 0.25) is 0 Å². The lowest BCUT2D eigenvalue weighted by atomic mass is 10.1. The highest BCUT2D eigenvalue weighted by Gasteiger charge is 1.99. The molecule has 0 saturated heterocycles. The highest BCUT2D eigenvalue weighted by molar-refractivity contribution is 5.87. The van der Waals surface area contributed by atoms with Gasteiger partial charge < -0.3 is 10.6 Å². The Morgan fingerprint density at radius 2 is 1.75 bits per heavy atom. The van der Waals surface area contributed by atoms with Crippen LogP contribution in [0.25, 0.3) is 0 Å². The van der Waals surface area contributed by atoms with Crippen molar-refractivity contribution in [2.75, 3.05) is 17.2 Å². The average molecular weight is 270 g/mol. The van der Waals surface area contributed by atoms with Crippen molar-refractivity contribution in [1.29, 1.82) is 0 Å². The fourth-order valence-corrected chi connectivity index (χ4v) is 1.83. The first-order chi connectivity index (χ1) is 9.74. The van der Waals surface area contributed by atoms with Gasteiger partial charge in [-0.15, -0.1) is 10.2 Å². The minimum Gasteiger partial charge on any atom is -0.369 e. The maximum atomic E-state index is 10.8. The number of nitrogens with one attached hydrogen (secondary N) is 2. The Morgan fingerprint density at radius 1 is 1.05 bits per heavy atom. The smallest absolute Gasteiger partial charge is 0.222 e. The molecule has 5 heteroatoms. The van der Waals surface area contributed by atoms with Gasteiger partial charge in [-0.1, -0.05) is 30.3 Å². The summed E-state index contributed by atoms with van der Waals surface area (Å²) >= 11 is 0. The first kappa shape index (κ1) is 14.0. The van der Waals surface area contributed by atoms with Gasteiger partial charge in [0.2, 0.25) is 5.91 Å². The zero-order valence-corrected chi connectivity index (χ0v) is 11.5. The first-order valence-corrected chi connectivity index (χ1v) is 6.63. The predicted octanol–water partition coefficient (Wildman–Crippen LogP) is 2.48. The molecule has 1 heterocycles. The van der Waals surface area contributed by atoms with E-state index in [9.17, 15) is 4.79 Å². The van der Waals surface area contributed by atoms with Crippen LogP contribution < -0.4 is 10.6 Å². The Kier molecular flexibility index (Phi) is 5.06. The number of amides is 1. The van der Waals surface area contributed by atoms with E-state index < -0.39 is 0 Å². The van der Waals surface area contributed by atoms with Crippen molar-refractivity contribution in [1.82, 2.24) is 10.2 Å². The van der Waals surface area contributed by atoms with Crippen LogP contribution in [0.5, 0.6) is 0 Å². The van der Waals surface area contributed by atoms with Crippen LogP contribution in [-0.2, 0) is 11.2 Å². The summed E-state index contributed by atoms with van der Waals surface area (Å²) in [6, 6.07) is 13.9. The maximum Gasteiger partial charge on any atom is 0.222 e. The Hall–Kier alpha value is -2.43. The zero-order chi connectivity index (χ0) is 14.2. The molecule has 0 unspecified atom stereocenters. The third kappa shape index (κ3) is 4.68. The summed E-state index contributed by atoms with van der Waals surface area (Å²) in [6.07, 6.45) is 2.06. The fraction of sp³-hybridized carbons (Fsp3) is 0.267. The van der Waals surface area contributed by atoms with Crippen molar-refractivity contribution in [3.05, 3.63) is 48.0 Å². The molecule has 20 heavy (non-hydrogen) atoms. The second kappa shape index (κ2) is 7.23. The second-order valence-corrected chi connectivity index (χ2v) is 4.50. The molecular weight excluding hydrogens is 252 g/mol. The van der Waals surface area contributed by atoms with Gasteiger partial charge in [0.1, 0.15) is 5.82 Å². The quantitative estimate of drug-likeness (QED) is 0.791. The molecule has 0 aliphatic rings. The van der Waals surface area contributed by atoms with Crippen molar-refractivity contribution in [3.8, 4) is 0 Å². The van der Waals surface area contributed by atoms with Crippen molar-refractivity contribution in [3.63, 3.8) is 0 Å². The molecule has 0 spiro atoms. The first-order valence-electron chi connectivity index (χ1n) is 6.63. The number of carbonyl (C=O) groups excluding carboxylic acids is 1. The fourth-order valence-electron chi connectivity index (χ4n) is 1.83. The van der Waals surface area contributed by atoms with Crippen molar-refractivity contribution in [2.45, 2.75) is 19.8 Å². The SMILES string of the molecule is CC(=O)Nc1ccc(NCCCc2ccccc2)nn1. The van der Waals surface area contributed by atoms with E-state index in [0.717, 1.165) is 19.4 Å². The number of aryl methyl sites for hydroxylation is 1. The van der Waals surface area contributed by atoms with E-state index in [-0.39, 0.29) is 5.91 Å². The molecule has 2 aromatic rings. The van der Waals surface area contributed by atoms with Gasteiger partial charge in [0.15, 0.2) is 5.82 Å². The molecule has 2 rings (SSSR count). The summed E-state index contributed by atoms with van der Waals surface area (Å²) in [6.45, 7) is 2.28. The number of benzene rings is 1. The highest BCUT2D eigenvalue weighted by Crippen LogP contribution is 2.07. The van der Waals surface area contributed by atoms with Gasteiger partial charge in [-0.05, 0) is 30.5 Å². The monoisotopic (exact) mass is 270 g/mol. The minimum absolute atomic E-state index is 0.150. The topological polar surface area (TPSA) is 66.9 Å². The van der Waals surface area contributed by atoms with Crippen LogP contribution in [0, 0.1) is 0 Å². The van der Waals surface area contributed by atoms with Crippen LogP contribution in [0.4, 0.5) is 11.6 Å². The summed E-state index contributed by atoms with van der Waals surface area (Å²) in [7, 11) is 0. The second-order valence-electron chi connectivity index (χ2n) is 4.50. The summed E-state index contributed by atoms with van der Waals surface area (Å²) in [5.74, 6) is 1.03. The number of aromatic nitrogens is 2. The van der Waals surface area contributed by atoms with Crippen molar-refractivity contribution >= 4 is 17.5 Å². The Morgan fingerprint density at radius 3 is 2.40 bits per heavy atom. The summed E-state index contributed by atoms with van der Waals surface area (Å²) in [5, 5.41) is 13.7. The van der Waals surface area contributed by atoms with Gasteiger partial charge in [-0.2, -0.15) is 0 Å². The number of anilines is 2. The van der Waals surface area contributed by atoms with Crippen LogP contribution in [0.15, 0.2) is 42.5 Å². The van der Waals surface area contributed by atoms with Gasteiger partial charge >= 0.3 is 0 Å². The molecule has 2 N–H and O–H groups in total. The largest absolute Gasteiger partial charge is 0.369 e. The van der Waals surface area contributed by atoms with Gasteiger partial charge in [-0.25, -0.2) is 0 Å². The lowest BCUT2D eigenvalue weighted by Gasteiger charge is -2.06. The predicted molar refractivity (Wildman–Crippen MR) is 79.6 cm³/mol. The van der Waals surface area contributed by atoms with Crippen molar-refractivity contribution in [2.24, 2.45) is 0 Å². The molecule has 0 bridgehead atoms. The Balaban J connectivity index is 1.73. The molecule has 0 radical (unpaired) electrons. The summed E-state index contributed by atoms with van der Waals surface area (Å²) < 4.78 is 0. The van der Waals surface area contributed by atoms with Gasteiger partial charge in [-0.3, -0.25) is 4.79 Å². The molecule has 0 saturated carbocycles. The summed E-state index contributed by atoms with van der Waals surface area (Å²) in [4.78, 5) is 10.8. The molecule has 0 aliphatic carbocycles.